The van der Waals surface area contributed by atoms with E-state index in [4.69, 9.17) is 4.74 Å². The van der Waals surface area contributed by atoms with E-state index in [-0.39, 0.29) is 5.91 Å². The van der Waals surface area contributed by atoms with Crippen molar-refractivity contribution >= 4 is 39.6 Å². The number of carbonyl (C=O) groups excluding carboxylic acids is 2. The molecule has 0 saturated heterocycles. The predicted octanol–water partition coefficient (Wildman–Crippen LogP) is 3.28. The van der Waals surface area contributed by atoms with Crippen LogP contribution >= 0.6 is 15.9 Å². The van der Waals surface area contributed by atoms with Crippen LogP contribution in [0.1, 0.15) is 10.4 Å². The predicted molar refractivity (Wildman–Crippen MR) is 84.8 cm³/mol. The molecule has 0 fully saturated rings. The van der Waals surface area contributed by atoms with E-state index in [2.05, 4.69) is 26.6 Å². The zero-order valence-electron chi connectivity index (χ0n) is 11.2. The van der Waals surface area contributed by atoms with Gasteiger partial charge in [0.15, 0.2) is 0 Å². The Morgan fingerprint density at radius 2 is 1.90 bits per heavy atom. The van der Waals surface area contributed by atoms with Crippen LogP contribution in [0.15, 0.2) is 46.9 Å². The summed E-state index contributed by atoms with van der Waals surface area (Å²) in [6.07, 6.45) is 0.585. The number of hydrogen-bond acceptors (Lipinski definition) is 3. The number of ether oxygens (including phenoxy) is 1. The monoisotopic (exact) mass is 348 g/mol. The summed E-state index contributed by atoms with van der Waals surface area (Å²) in [5.74, 6) is 0.315. The minimum Gasteiger partial charge on any atom is -0.495 e. The number of benzene rings is 2. The maximum atomic E-state index is 12.2. The molecule has 6 heteroatoms. The first-order valence-corrected chi connectivity index (χ1v) is 6.88. The molecule has 0 aliphatic rings. The fourth-order valence-electron chi connectivity index (χ4n) is 1.76. The maximum absolute atomic E-state index is 12.2. The fraction of sp³-hybridized carbons (Fsp3) is 0.0667. The average Bonchev–Trinajstić information content (AvgIpc) is 2.48. The molecule has 0 aliphatic heterocycles. The molecule has 0 unspecified atom stereocenters. The second-order valence-corrected chi connectivity index (χ2v) is 5.05. The van der Waals surface area contributed by atoms with Crippen LogP contribution in [0.3, 0.4) is 0 Å². The lowest BCUT2D eigenvalue weighted by molar-refractivity contribution is -0.105. The van der Waals surface area contributed by atoms with Crippen molar-refractivity contribution in [2.75, 3.05) is 17.7 Å². The molecule has 0 aromatic heterocycles. The minimum absolute atomic E-state index is 0.260. The molecule has 0 saturated carbocycles. The Morgan fingerprint density at radius 1 is 1.19 bits per heavy atom. The number of nitrogens with one attached hydrogen (secondary N) is 2. The van der Waals surface area contributed by atoms with Crippen molar-refractivity contribution in [3.05, 3.63) is 52.5 Å². The fourth-order valence-corrected chi connectivity index (χ4v) is 2.12. The maximum Gasteiger partial charge on any atom is 0.255 e. The summed E-state index contributed by atoms with van der Waals surface area (Å²) >= 11 is 3.35. The Balaban J connectivity index is 2.17. The first-order valence-electron chi connectivity index (χ1n) is 6.09. The van der Waals surface area contributed by atoms with Crippen molar-refractivity contribution in [3.63, 3.8) is 0 Å². The van der Waals surface area contributed by atoms with E-state index in [0.717, 1.165) is 4.47 Å². The third kappa shape index (κ3) is 3.82. The molecule has 108 valence electrons. The number of rotatable bonds is 5. The van der Waals surface area contributed by atoms with Gasteiger partial charge in [0.25, 0.3) is 5.91 Å². The van der Waals surface area contributed by atoms with Crippen LogP contribution in [0.4, 0.5) is 11.4 Å². The van der Waals surface area contributed by atoms with Gasteiger partial charge in [-0.15, -0.1) is 0 Å². The number of amides is 2. The summed E-state index contributed by atoms with van der Waals surface area (Å²) in [7, 11) is 1.54. The summed E-state index contributed by atoms with van der Waals surface area (Å²) in [4.78, 5) is 22.5. The van der Waals surface area contributed by atoms with E-state index in [1.165, 1.54) is 0 Å². The van der Waals surface area contributed by atoms with Gasteiger partial charge in [-0.25, -0.2) is 0 Å². The lowest BCUT2D eigenvalue weighted by atomic mass is 10.2. The Bertz CT molecular complexity index is 656. The third-order valence-electron chi connectivity index (χ3n) is 2.78. The number of halogens is 1. The van der Waals surface area contributed by atoms with E-state index in [1.807, 2.05) is 6.07 Å². The standard InChI is InChI=1S/C15H13BrN2O3/c1-21-14-7-4-11(16)8-13(14)18-15(20)10-2-5-12(6-3-10)17-9-19/h2-9H,1H3,(H,17,19)(H,18,20). The highest BCUT2D eigenvalue weighted by atomic mass is 79.9. The van der Waals surface area contributed by atoms with Gasteiger partial charge in [-0.3, -0.25) is 9.59 Å². The van der Waals surface area contributed by atoms with Crippen molar-refractivity contribution in [3.8, 4) is 5.75 Å². The lowest BCUT2D eigenvalue weighted by Gasteiger charge is -2.11. The highest BCUT2D eigenvalue weighted by Gasteiger charge is 2.10. The second kappa shape index (κ2) is 6.90. The highest BCUT2D eigenvalue weighted by molar-refractivity contribution is 9.10. The zero-order chi connectivity index (χ0) is 15.2. The molecule has 0 atom stereocenters. The van der Waals surface area contributed by atoms with E-state index in [9.17, 15) is 9.59 Å². The Hall–Kier alpha value is -2.34. The summed E-state index contributed by atoms with van der Waals surface area (Å²) in [5, 5.41) is 5.30. The van der Waals surface area contributed by atoms with Crippen LogP contribution in [0.2, 0.25) is 0 Å². The minimum atomic E-state index is -0.260. The average molecular weight is 349 g/mol. The van der Waals surface area contributed by atoms with Crippen molar-refractivity contribution in [2.45, 2.75) is 0 Å². The molecular formula is C15H13BrN2O3. The number of anilines is 2. The van der Waals surface area contributed by atoms with Crippen LogP contribution in [0.25, 0.3) is 0 Å². The van der Waals surface area contributed by atoms with Crippen LogP contribution in [0, 0.1) is 0 Å². The van der Waals surface area contributed by atoms with Crippen LogP contribution in [0.5, 0.6) is 5.75 Å². The topological polar surface area (TPSA) is 67.4 Å². The number of methoxy groups -OCH3 is 1. The van der Waals surface area contributed by atoms with E-state index in [1.54, 1.807) is 43.5 Å². The summed E-state index contributed by atoms with van der Waals surface area (Å²) in [6, 6.07) is 11.9. The van der Waals surface area contributed by atoms with E-state index >= 15 is 0 Å². The van der Waals surface area contributed by atoms with Crippen molar-refractivity contribution in [1.29, 1.82) is 0 Å². The van der Waals surface area contributed by atoms with Crippen molar-refractivity contribution in [1.82, 2.24) is 0 Å². The van der Waals surface area contributed by atoms with Gasteiger partial charge in [0.1, 0.15) is 5.75 Å². The van der Waals surface area contributed by atoms with E-state index in [0.29, 0.717) is 29.1 Å². The molecular weight excluding hydrogens is 336 g/mol. The van der Waals surface area contributed by atoms with Crippen LogP contribution in [-0.2, 0) is 4.79 Å². The third-order valence-corrected chi connectivity index (χ3v) is 3.28. The first-order chi connectivity index (χ1) is 10.1. The molecule has 2 aromatic rings. The van der Waals surface area contributed by atoms with Gasteiger partial charge in [0.2, 0.25) is 6.41 Å². The molecule has 0 heterocycles. The summed E-state index contributed by atoms with van der Waals surface area (Å²) in [5.41, 5.74) is 1.68. The smallest absolute Gasteiger partial charge is 0.255 e. The first kappa shape index (κ1) is 15.1. The summed E-state index contributed by atoms with van der Waals surface area (Å²) in [6.45, 7) is 0. The van der Waals surface area contributed by atoms with Crippen molar-refractivity contribution < 1.29 is 14.3 Å². The van der Waals surface area contributed by atoms with E-state index < -0.39 is 0 Å². The Kier molecular flexibility index (Phi) is 4.94. The molecule has 0 spiro atoms. The largest absolute Gasteiger partial charge is 0.495 e. The molecule has 5 nitrogen and oxygen atoms in total. The van der Waals surface area contributed by atoms with Crippen LogP contribution < -0.4 is 15.4 Å². The van der Waals surface area contributed by atoms with Gasteiger partial charge < -0.3 is 15.4 Å². The molecule has 0 radical (unpaired) electrons. The quantitative estimate of drug-likeness (QED) is 0.814. The number of carbonyl (C=O) groups is 2. The van der Waals surface area contributed by atoms with Gasteiger partial charge in [0.05, 0.1) is 12.8 Å². The van der Waals surface area contributed by atoms with Crippen molar-refractivity contribution in [2.24, 2.45) is 0 Å². The van der Waals surface area contributed by atoms with Gasteiger partial charge in [0, 0.05) is 15.7 Å². The lowest BCUT2D eigenvalue weighted by Crippen LogP contribution is -2.12. The van der Waals surface area contributed by atoms with Gasteiger partial charge in [-0.1, -0.05) is 15.9 Å². The zero-order valence-corrected chi connectivity index (χ0v) is 12.8. The van der Waals surface area contributed by atoms with Gasteiger partial charge >= 0.3 is 0 Å². The Labute approximate surface area is 130 Å². The van der Waals surface area contributed by atoms with Crippen LogP contribution in [-0.4, -0.2) is 19.4 Å². The SMILES string of the molecule is COc1ccc(Br)cc1NC(=O)c1ccc(NC=O)cc1. The highest BCUT2D eigenvalue weighted by Crippen LogP contribution is 2.28. The number of hydrogen-bond donors (Lipinski definition) is 2. The molecule has 2 rings (SSSR count). The molecule has 2 N–H and O–H groups in total. The van der Waals surface area contributed by atoms with Gasteiger partial charge in [-0.05, 0) is 42.5 Å². The second-order valence-electron chi connectivity index (χ2n) is 4.14. The molecule has 0 bridgehead atoms. The molecule has 0 aliphatic carbocycles. The Morgan fingerprint density at radius 3 is 2.52 bits per heavy atom. The molecule has 2 amide bonds. The molecule has 21 heavy (non-hydrogen) atoms. The normalized spacial score (nSPS) is 9.81. The van der Waals surface area contributed by atoms with Gasteiger partial charge in [-0.2, -0.15) is 0 Å². The molecule has 2 aromatic carbocycles. The summed E-state index contributed by atoms with van der Waals surface area (Å²) < 4.78 is 6.04.